The Hall–Kier alpha value is -3.10. The van der Waals surface area contributed by atoms with Gasteiger partial charge in [-0.3, -0.25) is 14.5 Å². The topological polar surface area (TPSA) is 96.3 Å². The molecule has 1 saturated carbocycles. The number of imide groups is 1. The summed E-state index contributed by atoms with van der Waals surface area (Å²) in [7, 11) is -1.25. The van der Waals surface area contributed by atoms with Gasteiger partial charge in [0.25, 0.3) is 0 Å². The summed E-state index contributed by atoms with van der Waals surface area (Å²) < 4.78 is 12.1. The minimum absolute atomic E-state index is 0.0365. The van der Waals surface area contributed by atoms with Crippen LogP contribution in [0.15, 0.2) is 65.6 Å². The van der Waals surface area contributed by atoms with Crippen molar-refractivity contribution in [1.29, 1.82) is 0 Å². The van der Waals surface area contributed by atoms with E-state index in [1.807, 2.05) is 36.4 Å². The second-order valence-corrected chi connectivity index (χ2v) is 10.7. The first kappa shape index (κ1) is 24.3. The minimum atomic E-state index is -1.25. The van der Waals surface area contributed by atoms with E-state index in [9.17, 15) is 19.7 Å². The van der Waals surface area contributed by atoms with Gasteiger partial charge in [0, 0.05) is 11.6 Å². The molecule has 0 aromatic heterocycles. The van der Waals surface area contributed by atoms with Gasteiger partial charge in [0.2, 0.25) is 11.8 Å². The van der Waals surface area contributed by atoms with Crippen LogP contribution in [0.2, 0.25) is 0 Å². The molecule has 4 aliphatic rings. The number of allylic oxidation sites excluding steroid dienone is 1. The Morgan fingerprint density at radius 1 is 0.946 bits per heavy atom. The monoisotopic (exact) mass is 501 g/mol. The Balaban J connectivity index is 1.36. The first-order valence-corrected chi connectivity index (χ1v) is 13.4. The highest BCUT2D eigenvalue weighted by atomic mass is 16.5. The molecule has 3 fully saturated rings. The molecule has 2 saturated heterocycles. The second-order valence-electron chi connectivity index (χ2n) is 10.7. The van der Waals surface area contributed by atoms with Gasteiger partial charge in [-0.2, -0.15) is 0 Å². The number of benzene rings is 2. The zero-order valence-electron chi connectivity index (χ0n) is 20.8. The summed E-state index contributed by atoms with van der Waals surface area (Å²) in [4.78, 5) is 29.2. The van der Waals surface area contributed by atoms with Gasteiger partial charge in [-0.25, -0.2) is 0 Å². The van der Waals surface area contributed by atoms with Crippen LogP contribution in [-0.4, -0.2) is 46.6 Å². The fraction of sp³-hybridized carbons (Fsp3) is 0.448. The predicted molar refractivity (Wildman–Crippen MR) is 137 cm³/mol. The van der Waals surface area contributed by atoms with Gasteiger partial charge in [0.1, 0.15) is 18.1 Å². The van der Waals surface area contributed by atoms with E-state index in [0.29, 0.717) is 29.6 Å². The minimum Gasteiger partial charge on any atom is -0.508 e. The molecule has 4 atom stereocenters. The maximum Gasteiger partial charge on any atom is 0.487 e. The van der Waals surface area contributed by atoms with Gasteiger partial charge in [-0.05, 0) is 60.8 Å². The fourth-order valence-electron chi connectivity index (χ4n) is 6.91. The molecule has 192 valence electrons. The average molecular weight is 501 g/mol. The van der Waals surface area contributed by atoms with E-state index < -0.39 is 25.1 Å². The summed E-state index contributed by atoms with van der Waals surface area (Å²) in [6, 6.07) is 16.3. The molecule has 0 unspecified atom stereocenters. The normalized spacial score (nSPS) is 28.4. The molecular weight excluding hydrogens is 469 g/mol. The third-order valence-corrected chi connectivity index (χ3v) is 8.63. The number of para-hydroxylation sites is 2. The van der Waals surface area contributed by atoms with E-state index in [-0.39, 0.29) is 36.1 Å². The standard InChI is InChI=1S/C29H32BNO6/c32-24-14-8-7-13-21(24)25-16-22-26-23(28(33)31(29(26)34)19-9-3-1-4-10-19)15-18(27(22)30(35)37-25)17-36-20-11-5-2-6-12-20/h2,5-8,11-14,19,22-23,25-26,32,35H,1,3-4,9-10,15-17H2/t22-,23-,25-,26+/m0/s1. The molecule has 2 aliphatic carbocycles. The summed E-state index contributed by atoms with van der Waals surface area (Å²) in [5.41, 5.74) is 2.06. The highest BCUT2D eigenvalue weighted by Crippen LogP contribution is 2.52. The smallest absolute Gasteiger partial charge is 0.487 e. The van der Waals surface area contributed by atoms with Gasteiger partial charge in [0.05, 0.1) is 17.9 Å². The van der Waals surface area contributed by atoms with Gasteiger partial charge in [-0.15, -0.1) is 0 Å². The second kappa shape index (κ2) is 9.99. The van der Waals surface area contributed by atoms with Gasteiger partial charge in [0.15, 0.2) is 0 Å². The number of rotatable bonds is 5. The lowest BCUT2D eigenvalue weighted by Crippen LogP contribution is -2.46. The van der Waals surface area contributed by atoms with E-state index in [0.717, 1.165) is 37.7 Å². The van der Waals surface area contributed by atoms with Crippen LogP contribution in [-0.2, 0) is 14.2 Å². The van der Waals surface area contributed by atoms with Crippen molar-refractivity contribution in [3.05, 3.63) is 71.2 Å². The van der Waals surface area contributed by atoms with Crippen LogP contribution in [0.1, 0.15) is 56.6 Å². The van der Waals surface area contributed by atoms with Crippen molar-refractivity contribution in [2.45, 2.75) is 57.1 Å². The molecule has 0 spiro atoms. The Morgan fingerprint density at radius 3 is 2.43 bits per heavy atom. The van der Waals surface area contributed by atoms with Crippen LogP contribution in [0.5, 0.6) is 11.5 Å². The van der Waals surface area contributed by atoms with Crippen molar-refractivity contribution in [2.24, 2.45) is 17.8 Å². The lowest BCUT2D eigenvalue weighted by atomic mass is 9.55. The summed E-state index contributed by atoms with van der Waals surface area (Å²) in [6.07, 6.45) is 5.10. The van der Waals surface area contributed by atoms with Crippen LogP contribution in [0, 0.1) is 17.8 Å². The number of phenolic OH excluding ortho intramolecular Hbond substituents is 1. The lowest BCUT2D eigenvalue weighted by Gasteiger charge is -2.42. The highest BCUT2D eigenvalue weighted by Gasteiger charge is 2.59. The molecular formula is C29H32BNO6. The van der Waals surface area contributed by atoms with Crippen LogP contribution in [0.3, 0.4) is 0 Å². The molecule has 0 bridgehead atoms. The van der Waals surface area contributed by atoms with Crippen molar-refractivity contribution in [3.63, 3.8) is 0 Å². The largest absolute Gasteiger partial charge is 0.508 e. The molecule has 6 rings (SSSR count). The van der Waals surface area contributed by atoms with Crippen LogP contribution < -0.4 is 4.74 Å². The predicted octanol–water partition coefficient (Wildman–Crippen LogP) is 4.20. The van der Waals surface area contributed by atoms with Crippen LogP contribution >= 0.6 is 0 Å². The van der Waals surface area contributed by atoms with Gasteiger partial charge < -0.3 is 19.5 Å². The Bertz CT molecular complexity index is 1210. The molecule has 2 heterocycles. The molecule has 37 heavy (non-hydrogen) atoms. The number of phenols is 1. The fourth-order valence-corrected chi connectivity index (χ4v) is 6.91. The summed E-state index contributed by atoms with van der Waals surface area (Å²) in [5, 5.41) is 21.7. The molecule has 8 heteroatoms. The number of carbonyl (C=O) groups is 2. The van der Waals surface area contributed by atoms with Crippen molar-refractivity contribution < 1.29 is 29.1 Å². The van der Waals surface area contributed by atoms with E-state index >= 15 is 0 Å². The van der Waals surface area contributed by atoms with Crippen molar-refractivity contribution in [1.82, 2.24) is 4.90 Å². The number of ether oxygens (including phenoxy) is 1. The maximum absolute atomic E-state index is 13.9. The summed E-state index contributed by atoms with van der Waals surface area (Å²) in [6.45, 7) is 0.214. The zero-order chi connectivity index (χ0) is 25.5. The molecule has 2 aromatic carbocycles. The number of hydrogen-bond acceptors (Lipinski definition) is 6. The van der Waals surface area contributed by atoms with Crippen molar-refractivity contribution in [3.8, 4) is 11.5 Å². The Labute approximate surface area is 217 Å². The number of hydrogen-bond donors (Lipinski definition) is 2. The number of carbonyl (C=O) groups excluding carboxylic acids is 2. The molecule has 0 radical (unpaired) electrons. The number of nitrogens with zero attached hydrogens (tertiary/aromatic N) is 1. The van der Waals surface area contributed by atoms with E-state index in [1.165, 1.54) is 0 Å². The van der Waals surface area contributed by atoms with Crippen molar-refractivity contribution in [2.75, 3.05) is 6.61 Å². The van der Waals surface area contributed by atoms with Crippen LogP contribution in [0.4, 0.5) is 0 Å². The summed E-state index contributed by atoms with van der Waals surface area (Å²) in [5.74, 6) is -0.776. The molecule has 2 aromatic rings. The third kappa shape index (κ3) is 4.36. The SMILES string of the molecule is O=C1[C@H]2[C@H](CC(COc3ccccc3)=C3B(O)O[C@H](c4ccccc4O)C[C@H]32)C(=O)N1C1CCCCC1. The molecule has 2 aliphatic heterocycles. The number of aromatic hydroxyl groups is 1. The number of fused-ring (bicyclic) bond motifs is 3. The van der Waals surface area contributed by atoms with E-state index in [4.69, 9.17) is 9.39 Å². The molecule has 7 nitrogen and oxygen atoms in total. The van der Waals surface area contributed by atoms with Crippen LogP contribution in [0.25, 0.3) is 0 Å². The number of likely N-dealkylation sites (tertiary alicyclic amines) is 1. The lowest BCUT2D eigenvalue weighted by molar-refractivity contribution is -0.143. The van der Waals surface area contributed by atoms with Gasteiger partial charge >= 0.3 is 7.12 Å². The van der Waals surface area contributed by atoms with Crippen molar-refractivity contribution >= 4 is 18.9 Å². The quantitative estimate of drug-likeness (QED) is 0.471. The van der Waals surface area contributed by atoms with E-state index in [2.05, 4.69) is 0 Å². The Morgan fingerprint density at radius 2 is 1.68 bits per heavy atom. The summed E-state index contributed by atoms with van der Waals surface area (Å²) >= 11 is 0. The third-order valence-electron chi connectivity index (χ3n) is 8.63. The number of amides is 2. The maximum atomic E-state index is 13.9. The van der Waals surface area contributed by atoms with E-state index in [1.54, 1.807) is 23.1 Å². The Kier molecular flexibility index (Phi) is 6.55. The molecule has 2 amide bonds. The molecule has 2 N–H and O–H groups in total. The first-order chi connectivity index (χ1) is 18.0. The van der Waals surface area contributed by atoms with Gasteiger partial charge in [-0.1, -0.05) is 55.7 Å². The zero-order valence-corrected chi connectivity index (χ0v) is 20.8. The average Bonchev–Trinajstić information content (AvgIpc) is 3.17. The highest BCUT2D eigenvalue weighted by molar-refractivity contribution is 6.53. The first-order valence-electron chi connectivity index (χ1n) is 13.4.